The summed E-state index contributed by atoms with van der Waals surface area (Å²) in [6.45, 7) is 6.11. The highest BCUT2D eigenvalue weighted by molar-refractivity contribution is 7.12. The zero-order chi connectivity index (χ0) is 13.9. The molecule has 2 nitrogen and oxygen atoms in total. The van der Waals surface area contributed by atoms with Crippen LogP contribution in [0.1, 0.15) is 21.4 Å². The molecule has 1 unspecified atom stereocenters. The van der Waals surface area contributed by atoms with Crippen molar-refractivity contribution in [3.05, 3.63) is 57.5 Å². The highest BCUT2D eigenvalue weighted by Crippen LogP contribution is 2.33. The van der Waals surface area contributed by atoms with Gasteiger partial charge in [-0.15, -0.1) is 11.3 Å². The first-order valence-electron chi connectivity index (χ1n) is 7.00. The minimum Gasteiger partial charge on any atom is -0.314 e. The summed E-state index contributed by atoms with van der Waals surface area (Å²) >= 11 is 1.81. The van der Waals surface area contributed by atoms with E-state index in [9.17, 15) is 4.39 Å². The Morgan fingerprint density at radius 3 is 2.65 bits per heavy atom. The number of piperazine rings is 1. The van der Waals surface area contributed by atoms with E-state index in [2.05, 4.69) is 29.3 Å². The van der Waals surface area contributed by atoms with Crippen LogP contribution in [-0.2, 0) is 0 Å². The van der Waals surface area contributed by atoms with Gasteiger partial charge in [0.05, 0.1) is 6.04 Å². The standard InChI is InChI=1S/C16H19FN2S/c1-12-5-6-15(20-12)16(19-9-7-18-8-10-19)13-3-2-4-14(17)11-13/h2-6,11,16,18H,7-10H2,1H3. The molecule has 1 saturated heterocycles. The Kier molecular flexibility index (Phi) is 4.15. The summed E-state index contributed by atoms with van der Waals surface area (Å²) in [5.41, 5.74) is 1.05. The summed E-state index contributed by atoms with van der Waals surface area (Å²) in [6.07, 6.45) is 0. The maximum Gasteiger partial charge on any atom is 0.123 e. The van der Waals surface area contributed by atoms with Crippen LogP contribution in [-0.4, -0.2) is 31.1 Å². The highest BCUT2D eigenvalue weighted by Gasteiger charge is 2.25. The fourth-order valence-corrected chi connectivity index (χ4v) is 3.81. The molecule has 0 aliphatic carbocycles. The Hall–Kier alpha value is -1.23. The number of benzene rings is 1. The number of halogens is 1. The van der Waals surface area contributed by atoms with Gasteiger partial charge in [-0.05, 0) is 36.8 Å². The molecule has 1 atom stereocenters. The molecular weight excluding hydrogens is 271 g/mol. The second-order valence-electron chi connectivity index (χ2n) is 5.19. The van der Waals surface area contributed by atoms with E-state index < -0.39 is 0 Å². The van der Waals surface area contributed by atoms with Crippen LogP contribution in [0.15, 0.2) is 36.4 Å². The quantitative estimate of drug-likeness (QED) is 0.934. The number of hydrogen-bond acceptors (Lipinski definition) is 3. The molecular formula is C16H19FN2S. The molecule has 1 N–H and O–H groups in total. The number of rotatable bonds is 3. The lowest BCUT2D eigenvalue weighted by molar-refractivity contribution is 0.200. The van der Waals surface area contributed by atoms with Gasteiger partial charge in [0, 0.05) is 35.9 Å². The number of thiophene rings is 1. The Morgan fingerprint density at radius 1 is 1.20 bits per heavy atom. The molecule has 1 fully saturated rings. The Labute approximate surface area is 123 Å². The van der Waals surface area contributed by atoms with Crippen molar-refractivity contribution < 1.29 is 4.39 Å². The summed E-state index contributed by atoms with van der Waals surface area (Å²) in [4.78, 5) is 5.04. The minimum atomic E-state index is -0.157. The lowest BCUT2D eigenvalue weighted by atomic mass is 10.0. The van der Waals surface area contributed by atoms with Crippen molar-refractivity contribution in [3.63, 3.8) is 0 Å². The SMILES string of the molecule is Cc1ccc(C(c2cccc(F)c2)N2CCNCC2)s1. The summed E-state index contributed by atoms with van der Waals surface area (Å²) in [5.74, 6) is -0.157. The van der Waals surface area contributed by atoms with E-state index in [0.717, 1.165) is 31.7 Å². The molecule has 4 heteroatoms. The largest absolute Gasteiger partial charge is 0.314 e. The molecule has 0 bridgehead atoms. The molecule has 1 aliphatic rings. The van der Waals surface area contributed by atoms with Crippen molar-refractivity contribution in [3.8, 4) is 0 Å². The number of aryl methyl sites for hydroxylation is 1. The molecule has 2 aromatic rings. The molecule has 106 valence electrons. The van der Waals surface area contributed by atoms with Gasteiger partial charge in [0.2, 0.25) is 0 Å². The topological polar surface area (TPSA) is 15.3 Å². The van der Waals surface area contributed by atoms with Crippen LogP contribution in [0, 0.1) is 12.7 Å². The Morgan fingerprint density at radius 2 is 2.00 bits per heavy atom. The predicted molar refractivity (Wildman–Crippen MR) is 81.7 cm³/mol. The molecule has 0 radical (unpaired) electrons. The number of nitrogens with zero attached hydrogens (tertiary/aromatic N) is 1. The van der Waals surface area contributed by atoms with Crippen LogP contribution in [0.3, 0.4) is 0 Å². The van der Waals surface area contributed by atoms with Crippen LogP contribution in [0.4, 0.5) is 4.39 Å². The fraction of sp³-hybridized carbons (Fsp3) is 0.375. The average Bonchev–Trinajstić information content (AvgIpc) is 2.87. The first-order valence-corrected chi connectivity index (χ1v) is 7.82. The van der Waals surface area contributed by atoms with Gasteiger partial charge in [-0.2, -0.15) is 0 Å². The van der Waals surface area contributed by atoms with E-state index in [0.29, 0.717) is 0 Å². The van der Waals surface area contributed by atoms with E-state index in [1.165, 1.54) is 15.8 Å². The third-order valence-electron chi connectivity index (χ3n) is 3.71. The Balaban J connectivity index is 1.98. The molecule has 1 aromatic carbocycles. The monoisotopic (exact) mass is 290 g/mol. The smallest absolute Gasteiger partial charge is 0.123 e. The lowest BCUT2D eigenvalue weighted by Crippen LogP contribution is -2.45. The third kappa shape index (κ3) is 2.92. The second-order valence-corrected chi connectivity index (χ2v) is 6.51. The molecule has 1 aliphatic heterocycles. The third-order valence-corrected chi connectivity index (χ3v) is 4.76. The maximum atomic E-state index is 13.6. The summed E-state index contributed by atoms with van der Waals surface area (Å²) < 4.78 is 13.6. The van der Waals surface area contributed by atoms with Crippen LogP contribution in [0.2, 0.25) is 0 Å². The van der Waals surface area contributed by atoms with Gasteiger partial charge >= 0.3 is 0 Å². The molecule has 0 spiro atoms. The maximum absolute atomic E-state index is 13.6. The van der Waals surface area contributed by atoms with Crippen LogP contribution >= 0.6 is 11.3 Å². The van der Waals surface area contributed by atoms with Gasteiger partial charge < -0.3 is 5.32 Å². The predicted octanol–water partition coefficient (Wildman–Crippen LogP) is 3.19. The zero-order valence-corrected chi connectivity index (χ0v) is 12.4. The summed E-state index contributed by atoms with van der Waals surface area (Å²) in [7, 11) is 0. The van der Waals surface area contributed by atoms with Crippen LogP contribution < -0.4 is 5.32 Å². The molecule has 3 rings (SSSR count). The van der Waals surface area contributed by atoms with Crippen molar-refractivity contribution in [2.75, 3.05) is 26.2 Å². The van der Waals surface area contributed by atoms with E-state index in [4.69, 9.17) is 0 Å². The van der Waals surface area contributed by atoms with E-state index >= 15 is 0 Å². The van der Waals surface area contributed by atoms with E-state index in [-0.39, 0.29) is 11.9 Å². The van der Waals surface area contributed by atoms with Crippen LogP contribution in [0.5, 0.6) is 0 Å². The number of nitrogens with one attached hydrogen (secondary N) is 1. The summed E-state index contributed by atoms with van der Waals surface area (Å²) in [5, 5.41) is 3.38. The van der Waals surface area contributed by atoms with E-state index in [1.807, 2.05) is 6.07 Å². The van der Waals surface area contributed by atoms with Gasteiger partial charge in [-0.1, -0.05) is 12.1 Å². The van der Waals surface area contributed by atoms with Crippen molar-refractivity contribution in [1.82, 2.24) is 10.2 Å². The normalized spacial score (nSPS) is 18.1. The van der Waals surface area contributed by atoms with Crippen molar-refractivity contribution in [2.45, 2.75) is 13.0 Å². The molecule has 2 heterocycles. The van der Waals surface area contributed by atoms with E-state index in [1.54, 1.807) is 23.5 Å². The minimum absolute atomic E-state index is 0.157. The highest BCUT2D eigenvalue weighted by atomic mass is 32.1. The lowest BCUT2D eigenvalue weighted by Gasteiger charge is -2.34. The molecule has 1 aromatic heterocycles. The van der Waals surface area contributed by atoms with Gasteiger partial charge in [-0.25, -0.2) is 4.39 Å². The van der Waals surface area contributed by atoms with Gasteiger partial charge in [0.25, 0.3) is 0 Å². The van der Waals surface area contributed by atoms with Crippen molar-refractivity contribution in [1.29, 1.82) is 0 Å². The molecule has 0 amide bonds. The zero-order valence-electron chi connectivity index (χ0n) is 11.6. The van der Waals surface area contributed by atoms with Gasteiger partial charge in [0.1, 0.15) is 5.82 Å². The van der Waals surface area contributed by atoms with Gasteiger partial charge in [0.15, 0.2) is 0 Å². The van der Waals surface area contributed by atoms with Crippen LogP contribution in [0.25, 0.3) is 0 Å². The first kappa shape index (κ1) is 13.7. The number of hydrogen-bond donors (Lipinski definition) is 1. The van der Waals surface area contributed by atoms with Gasteiger partial charge in [-0.3, -0.25) is 4.90 Å². The molecule has 20 heavy (non-hydrogen) atoms. The first-order chi connectivity index (χ1) is 9.74. The fourth-order valence-electron chi connectivity index (χ4n) is 2.77. The average molecular weight is 290 g/mol. The second kappa shape index (κ2) is 6.04. The van der Waals surface area contributed by atoms with Crippen molar-refractivity contribution in [2.24, 2.45) is 0 Å². The van der Waals surface area contributed by atoms with Crippen molar-refractivity contribution >= 4 is 11.3 Å². The molecule has 0 saturated carbocycles. The Bertz CT molecular complexity index is 575. The summed E-state index contributed by atoms with van der Waals surface area (Å²) in [6, 6.07) is 11.5.